The van der Waals surface area contributed by atoms with Crippen LogP contribution in [0.2, 0.25) is 0 Å². The molecule has 25 heavy (non-hydrogen) atoms. The van der Waals surface area contributed by atoms with Crippen LogP contribution in [0.3, 0.4) is 0 Å². The number of pyridine rings is 1. The van der Waals surface area contributed by atoms with Gasteiger partial charge in [0.1, 0.15) is 5.82 Å². The summed E-state index contributed by atoms with van der Waals surface area (Å²) < 4.78 is 0. The van der Waals surface area contributed by atoms with Crippen molar-refractivity contribution < 1.29 is 4.79 Å². The first-order valence-corrected chi connectivity index (χ1v) is 8.87. The molecule has 1 saturated heterocycles. The lowest BCUT2D eigenvalue weighted by Gasteiger charge is -2.33. The summed E-state index contributed by atoms with van der Waals surface area (Å²) in [7, 11) is 1.64. The lowest BCUT2D eigenvalue weighted by Crippen LogP contribution is -2.39. The molecule has 0 radical (unpaired) electrons. The number of rotatable bonds is 5. The molecular formula is C20H26N4O. The van der Waals surface area contributed by atoms with E-state index < -0.39 is 0 Å². The van der Waals surface area contributed by atoms with Gasteiger partial charge in [0.05, 0.1) is 5.56 Å². The standard InChI is InChI=1S/C20H26N4O/c1-15-5-3-6-16(13-15)14-24-11-8-17(9-12-24)23-19-18(20(25)21-2)7-4-10-22-19/h3-7,10,13,17H,8-9,11-12,14H2,1-2H3,(H,21,25)(H,22,23). The number of hydrogen-bond acceptors (Lipinski definition) is 4. The molecule has 3 rings (SSSR count). The maximum atomic E-state index is 12.0. The zero-order valence-electron chi connectivity index (χ0n) is 15.0. The first-order valence-electron chi connectivity index (χ1n) is 8.87. The fraction of sp³-hybridized carbons (Fsp3) is 0.400. The molecule has 1 aromatic heterocycles. The normalized spacial score (nSPS) is 15.8. The van der Waals surface area contributed by atoms with Crippen molar-refractivity contribution in [2.24, 2.45) is 0 Å². The minimum atomic E-state index is -0.104. The Morgan fingerprint density at radius 3 is 2.76 bits per heavy atom. The Morgan fingerprint density at radius 2 is 2.04 bits per heavy atom. The van der Waals surface area contributed by atoms with Crippen LogP contribution in [-0.4, -0.2) is 42.0 Å². The molecule has 2 aromatic rings. The van der Waals surface area contributed by atoms with E-state index in [4.69, 9.17) is 0 Å². The van der Waals surface area contributed by atoms with Gasteiger partial charge in [-0.05, 0) is 37.5 Å². The highest BCUT2D eigenvalue weighted by atomic mass is 16.1. The molecule has 132 valence electrons. The third-order valence-corrected chi connectivity index (χ3v) is 4.70. The van der Waals surface area contributed by atoms with Gasteiger partial charge in [-0.3, -0.25) is 9.69 Å². The predicted molar refractivity (Wildman–Crippen MR) is 101 cm³/mol. The van der Waals surface area contributed by atoms with Crippen LogP contribution in [0.1, 0.15) is 34.3 Å². The molecule has 1 aliphatic heterocycles. The van der Waals surface area contributed by atoms with Gasteiger partial charge in [0.25, 0.3) is 5.91 Å². The molecule has 0 bridgehead atoms. The second-order valence-electron chi connectivity index (χ2n) is 6.66. The number of aromatic nitrogens is 1. The van der Waals surface area contributed by atoms with Gasteiger partial charge in [-0.1, -0.05) is 29.8 Å². The first-order chi connectivity index (χ1) is 12.2. The van der Waals surface area contributed by atoms with Gasteiger partial charge in [-0.2, -0.15) is 0 Å². The summed E-state index contributed by atoms with van der Waals surface area (Å²) in [5.74, 6) is 0.575. The van der Waals surface area contributed by atoms with E-state index in [9.17, 15) is 4.79 Å². The minimum Gasteiger partial charge on any atom is -0.367 e. The van der Waals surface area contributed by atoms with Gasteiger partial charge in [0, 0.05) is 38.9 Å². The number of benzene rings is 1. The fourth-order valence-corrected chi connectivity index (χ4v) is 3.34. The van der Waals surface area contributed by atoms with E-state index in [1.165, 1.54) is 11.1 Å². The van der Waals surface area contributed by atoms with Crippen molar-refractivity contribution in [3.05, 3.63) is 59.3 Å². The number of hydrogen-bond donors (Lipinski definition) is 2. The molecule has 2 N–H and O–H groups in total. The van der Waals surface area contributed by atoms with E-state index in [1.807, 2.05) is 0 Å². The van der Waals surface area contributed by atoms with Crippen LogP contribution in [0.25, 0.3) is 0 Å². The predicted octanol–water partition coefficient (Wildman–Crippen LogP) is 2.83. The molecule has 0 spiro atoms. The number of aryl methyl sites for hydroxylation is 1. The molecule has 5 heteroatoms. The van der Waals surface area contributed by atoms with Crippen LogP contribution in [-0.2, 0) is 6.54 Å². The number of amides is 1. The number of carbonyl (C=O) groups is 1. The molecule has 1 aromatic carbocycles. The first kappa shape index (κ1) is 17.4. The third-order valence-electron chi connectivity index (χ3n) is 4.70. The molecule has 2 heterocycles. The molecule has 1 aliphatic rings. The zero-order chi connectivity index (χ0) is 17.6. The Labute approximate surface area is 149 Å². The lowest BCUT2D eigenvalue weighted by molar-refractivity contribution is 0.0963. The maximum Gasteiger partial charge on any atom is 0.254 e. The molecule has 1 amide bonds. The minimum absolute atomic E-state index is 0.104. The molecule has 0 unspecified atom stereocenters. The number of likely N-dealkylation sites (tertiary alicyclic amines) is 1. The highest BCUT2D eigenvalue weighted by Crippen LogP contribution is 2.19. The van der Waals surface area contributed by atoms with Crippen LogP contribution < -0.4 is 10.6 Å². The summed E-state index contributed by atoms with van der Waals surface area (Å²) >= 11 is 0. The van der Waals surface area contributed by atoms with Gasteiger partial charge in [0.2, 0.25) is 0 Å². The van der Waals surface area contributed by atoms with E-state index in [1.54, 1.807) is 25.4 Å². The quantitative estimate of drug-likeness (QED) is 0.880. The third kappa shape index (κ3) is 4.57. The average Bonchev–Trinajstić information content (AvgIpc) is 2.63. The van der Waals surface area contributed by atoms with Crippen molar-refractivity contribution in [2.75, 3.05) is 25.5 Å². The van der Waals surface area contributed by atoms with E-state index in [2.05, 4.69) is 51.7 Å². The van der Waals surface area contributed by atoms with Crippen LogP contribution in [0.5, 0.6) is 0 Å². The monoisotopic (exact) mass is 338 g/mol. The van der Waals surface area contributed by atoms with E-state index in [0.717, 1.165) is 32.5 Å². The summed E-state index contributed by atoms with van der Waals surface area (Å²) in [6, 6.07) is 12.7. The smallest absolute Gasteiger partial charge is 0.254 e. The Morgan fingerprint density at radius 1 is 1.24 bits per heavy atom. The van der Waals surface area contributed by atoms with E-state index in [0.29, 0.717) is 17.4 Å². The van der Waals surface area contributed by atoms with E-state index >= 15 is 0 Å². The Bertz CT molecular complexity index is 723. The Balaban J connectivity index is 1.56. The molecular weight excluding hydrogens is 312 g/mol. The van der Waals surface area contributed by atoms with Crippen LogP contribution in [0, 0.1) is 6.92 Å². The fourth-order valence-electron chi connectivity index (χ4n) is 3.34. The highest BCUT2D eigenvalue weighted by Gasteiger charge is 2.21. The number of carbonyl (C=O) groups excluding carboxylic acids is 1. The van der Waals surface area contributed by atoms with Gasteiger partial charge in [-0.25, -0.2) is 4.98 Å². The van der Waals surface area contributed by atoms with Crippen molar-refractivity contribution in [1.29, 1.82) is 0 Å². The molecule has 0 atom stereocenters. The van der Waals surface area contributed by atoms with E-state index in [-0.39, 0.29) is 5.91 Å². The van der Waals surface area contributed by atoms with Crippen LogP contribution >= 0.6 is 0 Å². The number of piperidine rings is 1. The summed E-state index contributed by atoms with van der Waals surface area (Å²) in [5.41, 5.74) is 3.29. The highest BCUT2D eigenvalue weighted by molar-refractivity contribution is 5.98. The Hall–Kier alpha value is -2.40. The summed E-state index contributed by atoms with van der Waals surface area (Å²) in [6.07, 6.45) is 3.83. The lowest BCUT2D eigenvalue weighted by atomic mass is 10.0. The van der Waals surface area contributed by atoms with Gasteiger partial charge in [-0.15, -0.1) is 0 Å². The summed E-state index contributed by atoms with van der Waals surface area (Å²) in [6.45, 7) is 5.24. The van der Waals surface area contributed by atoms with Crippen molar-refractivity contribution in [3.8, 4) is 0 Å². The maximum absolute atomic E-state index is 12.0. The van der Waals surface area contributed by atoms with Crippen molar-refractivity contribution >= 4 is 11.7 Å². The number of anilines is 1. The molecule has 0 saturated carbocycles. The second kappa shape index (κ2) is 8.12. The number of nitrogens with one attached hydrogen (secondary N) is 2. The molecule has 5 nitrogen and oxygen atoms in total. The molecule has 0 aliphatic carbocycles. The van der Waals surface area contributed by atoms with Gasteiger partial charge < -0.3 is 10.6 Å². The van der Waals surface area contributed by atoms with Crippen molar-refractivity contribution in [1.82, 2.24) is 15.2 Å². The van der Waals surface area contributed by atoms with Crippen LogP contribution in [0.4, 0.5) is 5.82 Å². The topological polar surface area (TPSA) is 57.3 Å². The van der Waals surface area contributed by atoms with Crippen molar-refractivity contribution in [2.45, 2.75) is 32.4 Å². The SMILES string of the molecule is CNC(=O)c1cccnc1NC1CCN(Cc2cccc(C)c2)CC1. The second-order valence-corrected chi connectivity index (χ2v) is 6.66. The van der Waals surface area contributed by atoms with Gasteiger partial charge >= 0.3 is 0 Å². The van der Waals surface area contributed by atoms with Gasteiger partial charge in [0.15, 0.2) is 0 Å². The zero-order valence-corrected chi connectivity index (χ0v) is 15.0. The Kier molecular flexibility index (Phi) is 5.66. The average molecular weight is 338 g/mol. The van der Waals surface area contributed by atoms with Crippen molar-refractivity contribution in [3.63, 3.8) is 0 Å². The molecule has 1 fully saturated rings. The number of nitrogens with zero attached hydrogens (tertiary/aromatic N) is 2. The van der Waals surface area contributed by atoms with Crippen LogP contribution in [0.15, 0.2) is 42.6 Å². The largest absolute Gasteiger partial charge is 0.367 e. The summed E-state index contributed by atoms with van der Waals surface area (Å²) in [4.78, 5) is 18.8. The summed E-state index contributed by atoms with van der Waals surface area (Å²) in [5, 5.41) is 6.13.